The summed E-state index contributed by atoms with van der Waals surface area (Å²) in [5.74, 6) is -0.676. The lowest BCUT2D eigenvalue weighted by atomic mass is 10.1. The first kappa shape index (κ1) is 20.1. The third kappa shape index (κ3) is 3.81. The van der Waals surface area contributed by atoms with Crippen LogP contribution in [0.15, 0.2) is 36.4 Å². The van der Waals surface area contributed by atoms with E-state index in [0.29, 0.717) is 29.2 Å². The summed E-state index contributed by atoms with van der Waals surface area (Å²) in [7, 11) is 0. The van der Waals surface area contributed by atoms with E-state index >= 15 is 0 Å². The number of nitrogens with zero attached hydrogens (tertiary/aromatic N) is 3. The van der Waals surface area contributed by atoms with Gasteiger partial charge in [0.1, 0.15) is 5.56 Å². The maximum absolute atomic E-state index is 12.8. The molecule has 0 bridgehead atoms. The normalized spacial score (nSPS) is 14.1. The Morgan fingerprint density at radius 2 is 1.43 bits per heavy atom. The van der Waals surface area contributed by atoms with Crippen LogP contribution in [-0.2, 0) is 0 Å². The van der Waals surface area contributed by atoms with Gasteiger partial charge >= 0.3 is 0 Å². The fourth-order valence-electron chi connectivity index (χ4n) is 3.20. The van der Waals surface area contributed by atoms with Crippen molar-refractivity contribution in [2.24, 2.45) is 0 Å². The zero-order valence-corrected chi connectivity index (χ0v) is 16.5. The van der Waals surface area contributed by atoms with E-state index in [0.717, 1.165) is 0 Å². The number of benzene rings is 2. The monoisotopic (exact) mass is 421 g/mol. The molecular formula is C19H17Cl2N3O4. The van der Waals surface area contributed by atoms with Crippen molar-refractivity contribution < 1.29 is 14.5 Å². The van der Waals surface area contributed by atoms with E-state index in [4.69, 9.17) is 23.2 Å². The molecule has 1 aliphatic rings. The highest BCUT2D eigenvalue weighted by Gasteiger charge is 2.30. The molecule has 2 amide bonds. The number of halogens is 2. The van der Waals surface area contributed by atoms with E-state index in [-0.39, 0.29) is 35.3 Å². The molecule has 0 spiro atoms. The highest BCUT2D eigenvalue weighted by molar-refractivity contribution is 6.43. The molecule has 9 heteroatoms. The Morgan fingerprint density at radius 1 is 0.929 bits per heavy atom. The molecule has 7 nitrogen and oxygen atoms in total. The topological polar surface area (TPSA) is 83.8 Å². The van der Waals surface area contributed by atoms with E-state index in [2.05, 4.69) is 0 Å². The lowest BCUT2D eigenvalue weighted by Gasteiger charge is -2.35. The third-order valence-electron chi connectivity index (χ3n) is 4.69. The minimum atomic E-state index is -0.538. The number of carbonyl (C=O) groups excluding carboxylic acids is 2. The van der Waals surface area contributed by atoms with Crippen molar-refractivity contribution in [2.45, 2.75) is 6.92 Å². The molecule has 146 valence electrons. The molecule has 2 aromatic carbocycles. The van der Waals surface area contributed by atoms with Gasteiger partial charge in [0.05, 0.1) is 20.5 Å². The maximum Gasteiger partial charge on any atom is 0.285 e. The fourth-order valence-corrected chi connectivity index (χ4v) is 3.58. The summed E-state index contributed by atoms with van der Waals surface area (Å²) in [5, 5.41) is 11.8. The number of carbonyl (C=O) groups is 2. The largest absolute Gasteiger partial charge is 0.335 e. The number of piperazine rings is 1. The van der Waals surface area contributed by atoms with Crippen LogP contribution in [0, 0.1) is 17.0 Å². The van der Waals surface area contributed by atoms with Gasteiger partial charge in [-0.1, -0.05) is 41.4 Å². The number of hydrogen-bond donors (Lipinski definition) is 0. The predicted molar refractivity (Wildman–Crippen MR) is 106 cm³/mol. The third-order valence-corrected chi connectivity index (χ3v) is 5.51. The number of para-hydroxylation sites is 1. The Kier molecular flexibility index (Phi) is 5.86. The summed E-state index contributed by atoms with van der Waals surface area (Å²) in [6, 6.07) is 9.53. The average molecular weight is 422 g/mol. The number of amides is 2. The molecule has 2 aromatic rings. The average Bonchev–Trinajstić information content (AvgIpc) is 2.68. The number of aryl methyl sites for hydroxylation is 1. The first-order valence-electron chi connectivity index (χ1n) is 8.58. The smallest absolute Gasteiger partial charge is 0.285 e. The van der Waals surface area contributed by atoms with E-state index in [9.17, 15) is 19.7 Å². The number of nitro groups is 1. The van der Waals surface area contributed by atoms with Crippen LogP contribution in [0.2, 0.25) is 10.0 Å². The molecule has 0 aromatic heterocycles. The molecule has 0 saturated carbocycles. The molecule has 0 radical (unpaired) electrons. The summed E-state index contributed by atoms with van der Waals surface area (Å²) in [5.41, 5.74) is 0.614. The molecular weight excluding hydrogens is 405 g/mol. The van der Waals surface area contributed by atoms with Crippen molar-refractivity contribution in [3.8, 4) is 0 Å². The molecule has 0 aliphatic carbocycles. The van der Waals surface area contributed by atoms with Crippen LogP contribution >= 0.6 is 23.2 Å². The van der Waals surface area contributed by atoms with Crippen LogP contribution < -0.4 is 0 Å². The quantitative estimate of drug-likeness (QED) is 0.556. The molecule has 3 rings (SSSR count). The Balaban J connectivity index is 1.73. The van der Waals surface area contributed by atoms with Crippen molar-refractivity contribution in [3.05, 3.63) is 73.2 Å². The Hall–Kier alpha value is -2.64. The first-order valence-corrected chi connectivity index (χ1v) is 9.33. The van der Waals surface area contributed by atoms with Crippen molar-refractivity contribution in [3.63, 3.8) is 0 Å². The van der Waals surface area contributed by atoms with Crippen LogP contribution in [0.3, 0.4) is 0 Å². The molecule has 1 aliphatic heterocycles. The second-order valence-corrected chi connectivity index (χ2v) is 7.20. The second-order valence-electron chi connectivity index (χ2n) is 6.41. The van der Waals surface area contributed by atoms with Gasteiger partial charge in [0.25, 0.3) is 17.5 Å². The standard InChI is InChI=1S/C19H17Cl2N3O4/c1-12-4-2-6-14(17(12)24(27)28)19(26)23-10-8-22(9-11-23)18(25)13-5-3-7-15(20)16(13)21/h2-7H,8-11H2,1H3. The minimum Gasteiger partial charge on any atom is -0.335 e. The van der Waals surface area contributed by atoms with E-state index < -0.39 is 10.8 Å². The molecule has 0 atom stereocenters. The van der Waals surface area contributed by atoms with Crippen LogP contribution in [0.4, 0.5) is 5.69 Å². The van der Waals surface area contributed by atoms with Gasteiger partial charge in [-0.3, -0.25) is 19.7 Å². The molecule has 28 heavy (non-hydrogen) atoms. The van der Waals surface area contributed by atoms with Crippen LogP contribution in [0.25, 0.3) is 0 Å². The summed E-state index contributed by atoms with van der Waals surface area (Å²) in [6.45, 7) is 2.74. The van der Waals surface area contributed by atoms with Gasteiger partial charge < -0.3 is 9.80 Å². The lowest BCUT2D eigenvalue weighted by molar-refractivity contribution is -0.385. The Morgan fingerprint density at radius 3 is 2.00 bits per heavy atom. The highest BCUT2D eigenvalue weighted by Crippen LogP contribution is 2.28. The number of nitro benzene ring substituents is 1. The van der Waals surface area contributed by atoms with E-state index in [1.54, 1.807) is 42.2 Å². The molecule has 1 saturated heterocycles. The van der Waals surface area contributed by atoms with Gasteiger partial charge in [0.15, 0.2) is 0 Å². The summed E-state index contributed by atoms with van der Waals surface area (Å²) in [4.78, 5) is 39.4. The molecule has 1 heterocycles. The summed E-state index contributed by atoms with van der Waals surface area (Å²) in [6.07, 6.45) is 0. The van der Waals surface area contributed by atoms with E-state index in [1.165, 1.54) is 11.0 Å². The number of rotatable bonds is 3. The van der Waals surface area contributed by atoms with E-state index in [1.807, 2.05) is 0 Å². The van der Waals surface area contributed by atoms with Gasteiger partial charge in [-0.15, -0.1) is 0 Å². The van der Waals surface area contributed by atoms with Crippen molar-refractivity contribution in [1.29, 1.82) is 0 Å². The summed E-state index contributed by atoms with van der Waals surface area (Å²) >= 11 is 12.1. The Bertz CT molecular complexity index is 956. The van der Waals surface area contributed by atoms with Crippen LogP contribution in [0.1, 0.15) is 26.3 Å². The Labute approximate surface area is 171 Å². The van der Waals surface area contributed by atoms with Gasteiger partial charge in [-0.25, -0.2) is 0 Å². The maximum atomic E-state index is 12.8. The van der Waals surface area contributed by atoms with Gasteiger partial charge in [-0.2, -0.15) is 0 Å². The zero-order valence-electron chi connectivity index (χ0n) is 15.0. The first-order chi connectivity index (χ1) is 13.3. The molecule has 1 fully saturated rings. The predicted octanol–water partition coefficient (Wildman–Crippen LogP) is 3.81. The summed E-state index contributed by atoms with van der Waals surface area (Å²) < 4.78 is 0. The zero-order chi connectivity index (χ0) is 20.4. The van der Waals surface area contributed by atoms with Crippen molar-refractivity contribution in [1.82, 2.24) is 9.80 Å². The minimum absolute atomic E-state index is 0.0580. The van der Waals surface area contributed by atoms with Crippen molar-refractivity contribution in [2.75, 3.05) is 26.2 Å². The molecule has 0 N–H and O–H groups in total. The van der Waals surface area contributed by atoms with Crippen LogP contribution in [0.5, 0.6) is 0 Å². The highest BCUT2D eigenvalue weighted by atomic mass is 35.5. The fraction of sp³-hybridized carbons (Fsp3) is 0.263. The number of hydrogen-bond acceptors (Lipinski definition) is 4. The van der Waals surface area contributed by atoms with Gasteiger partial charge in [0.2, 0.25) is 0 Å². The van der Waals surface area contributed by atoms with Gasteiger partial charge in [-0.05, 0) is 25.1 Å². The van der Waals surface area contributed by atoms with Crippen molar-refractivity contribution >= 4 is 40.7 Å². The lowest BCUT2D eigenvalue weighted by Crippen LogP contribution is -2.50. The van der Waals surface area contributed by atoms with Gasteiger partial charge in [0, 0.05) is 31.7 Å². The molecule has 0 unspecified atom stereocenters. The SMILES string of the molecule is Cc1cccc(C(=O)N2CCN(C(=O)c3cccc(Cl)c3Cl)CC2)c1[N+](=O)[O-]. The van der Waals surface area contributed by atoms with Crippen LogP contribution in [-0.4, -0.2) is 52.7 Å². The second kappa shape index (κ2) is 8.16.